The third kappa shape index (κ3) is 6.59. The lowest BCUT2D eigenvalue weighted by molar-refractivity contribution is -0.274. The second-order valence-electron chi connectivity index (χ2n) is 9.41. The standard InChI is InChI=1S/C25H27F3N6O6S/c1-33(2)21-5-4-16(13-31-21)41(37,38)32-18-7-9-34(23(18)35)19(24(36)39-3)11-15-10-14-6-8-30-22(29)17(14)12-20(15)40-25(26,27)28/h4-6,8,10,12-13,18-19,32H,7,9,11H2,1-3H3,(H2,29,30). The predicted octanol–water partition coefficient (Wildman–Crippen LogP) is 1.84. The van der Waals surface area contributed by atoms with Crippen LogP contribution in [0.25, 0.3) is 10.8 Å². The highest BCUT2D eigenvalue weighted by Crippen LogP contribution is 2.34. The van der Waals surface area contributed by atoms with Gasteiger partial charge in [0, 0.05) is 44.8 Å². The van der Waals surface area contributed by atoms with Gasteiger partial charge in [0.05, 0.1) is 7.11 Å². The molecular weight excluding hydrogens is 569 g/mol. The number of anilines is 2. The van der Waals surface area contributed by atoms with Crippen molar-refractivity contribution in [3.8, 4) is 5.75 Å². The summed E-state index contributed by atoms with van der Waals surface area (Å²) in [5, 5.41) is 0.628. The number of hydrogen-bond donors (Lipinski definition) is 2. The second kappa shape index (κ2) is 11.4. The van der Waals surface area contributed by atoms with Crippen molar-refractivity contribution in [1.29, 1.82) is 0 Å². The molecule has 3 N–H and O–H groups in total. The van der Waals surface area contributed by atoms with Gasteiger partial charge in [-0.15, -0.1) is 13.2 Å². The number of amides is 1. The SMILES string of the molecule is COC(=O)C(Cc1cc2ccnc(N)c2cc1OC(F)(F)F)N1CCC(NS(=O)(=O)c2ccc(N(C)C)nc2)C1=O. The maximum absolute atomic E-state index is 13.3. The van der Waals surface area contributed by atoms with E-state index in [1.54, 1.807) is 19.0 Å². The highest BCUT2D eigenvalue weighted by molar-refractivity contribution is 7.89. The van der Waals surface area contributed by atoms with E-state index in [1.165, 1.54) is 30.5 Å². The van der Waals surface area contributed by atoms with Gasteiger partial charge in [0.25, 0.3) is 0 Å². The molecule has 1 aromatic carbocycles. The zero-order chi connectivity index (χ0) is 30.1. The highest BCUT2D eigenvalue weighted by atomic mass is 32.2. The number of carbonyl (C=O) groups is 2. The molecule has 2 unspecified atom stereocenters. The summed E-state index contributed by atoms with van der Waals surface area (Å²) in [4.78, 5) is 36.7. The number of nitrogens with zero attached hydrogens (tertiary/aromatic N) is 4. The largest absolute Gasteiger partial charge is 0.573 e. The Morgan fingerprint density at radius 1 is 1.24 bits per heavy atom. The van der Waals surface area contributed by atoms with Crippen molar-refractivity contribution < 1.29 is 40.7 Å². The minimum Gasteiger partial charge on any atom is -0.467 e. The van der Waals surface area contributed by atoms with Crippen LogP contribution in [0.4, 0.5) is 24.8 Å². The number of esters is 1. The van der Waals surface area contributed by atoms with Crippen LogP contribution in [0.3, 0.4) is 0 Å². The van der Waals surface area contributed by atoms with Crippen LogP contribution in [-0.2, 0) is 30.8 Å². The van der Waals surface area contributed by atoms with E-state index in [0.29, 0.717) is 11.2 Å². The number of halogens is 3. The van der Waals surface area contributed by atoms with Crippen LogP contribution >= 0.6 is 0 Å². The third-order valence-electron chi connectivity index (χ3n) is 6.49. The Morgan fingerprint density at radius 3 is 2.59 bits per heavy atom. The van der Waals surface area contributed by atoms with Crippen molar-refractivity contribution in [2.75, 3.05) is 38.4 Å². The van der Waals surface area contributed by atoms with Crippen molar-refractivity contribution >= 4 is 44.3 Å². The lowest BCUT2D eigenvalue weighted by Crippen LogP contribution is -2.48. The van der Waals surface area contributed by atoms with Crippen molar-refractivity contribution in [2.45, 2.75) is 36.2 Å². The van der Waals surface area contributed by atoms with E-state index in [4.69, 9.17) is 10.5 Å². The molecule has 2 aromatic heterocycles. The van der Waals surface area contributed by atoms with Crippen molar-refractivity contribution in [3.63, 3.8) is 0 Å². The van der Waals surface area contributed by atoms with Gasteiger partial charge >= 0.3 is 12.3 Å². The number of methoxy groups -OCH3 is 1. The Labute approximate surface area is 233 Å². The van der Waals surface area contributed by atoms with Gasteiger partial charge in [-0.25, -0.2) is 23.2 Å². The summed E-state index contributed by atoms with van der Waals surface area (Å²) < 4.78 is 77.1. The maximum atomic E-state index is 13.3. The first-order valence-corrected chi connectivity index (χ1v) is 13.7. The number of nitrogens with two attached hydrogens (primary N) is 1. The summed E-state index contributed by atoms with van der Waals surface area (Å²) in [5.74, 6) is -1.78. The van der Waals surface area contributed by atoms with Crippen molar-refractivity contribution in [2.24, 2.45) is 0 Å². The molecule has 1 aliphatic rings. The Hall–Kier alpha value is -4.18. The molecule has 16 heteroatoms. The van der Waals surface area contributed by atoms with Crippen LogP contribution in [0.2, 0.25) is 0 Å². The summed E-state index contributed by atoms with van der Waals surface area (Å²) in [6.07, 6.45) is -2.96. The first-order chi connectivity index (χ1) is 19.2. The zero-order valence-electron chi connectivity index (χ0n) is 22.2. The molecule has 0 bridgehead atoms. The number of ether oxygens (including phenoxy) is 2. The van der Waals surface area contributed by atoms with Gasteiger partial charge in [-0.2, -0.15) is 4.72 Å². The van der Waals surface area contributed by atoms with Gasteiger partial charge in [-0.1, -0.05) is 0 Å². The van der Waals surface area contributed by atoms with Crippen molar-refractivity contribution in [1.82, 2.24) is 19.6 Å². The monoisotopic (exact) mass is 596 g/mol. The van der Waals surface area contributed by atoms with E-state index in [0.717, 1.165) is 24.3 Å². The first kappa shape index (κ1) is 29.8. The first-order valence-electron chi connectivity index (χ1n) is 12.2. The van der Waals surface area contributed by atoms with Crippen LogP contribution in [0.5, 0.6) is 5.75 Å². The number of pyridine rings is 2. The van der Waals surface area contributed by atoms with E-state index in [-0.39, 0.29) is 34.6 Å². The van der Waals surface area contributed by atoms with E-state index in [2.05, 4.69) is 19.4 Å². The van der Waals surface area contributed by atoms with Gasteiger partial charge in [0.15, 0.2) is 0 Å². The fraction of sp³-hybridized carbons (Fsp3) is 0.360. The lowest BCUT2D eigenvalue weighted by Gasteiger charge is -2.27. The van der Waals surface area contributed by atoms with E-state index in [9.17, 15) is 31.2 Å². The molecule has 1 aliphatic heterocycles. The van der Waals surface area contributed by atoms with Crippen LogP contribution in [0, 0.1) is 0 Å². The van der Waals surface area contributed by atoms with Gasteiger partial charge in [-0.05, 0) is 47.7 Å². The summed E-state index contributed by atoms with van der Waals surface area (Å²) in [7, 11) is 0.378. The molecule has 4 rings (SSSR count). The number of benzene rings is 1. The predicted molar refractivity (Wildman–Crippen MR) is 141 cm³/mol. The Balaban J connectivity index is 1.61. The summed E-state index contributed by atoms with van der Waals surface area (Å²) in [6, 6.07) is 4.17. The molecule has 0 aliphatic carbocycles. The molecule has 1 saturated heterocycles. The third-order valence-corrected chi connectivity index (χ3v) is 7.95. The number of hydrogen-bond acceptors (Lipinski definition) is 10. The molecule has 12 nitrogen and oxygen atoms in total. The maximum Gasteiger partial charge on any atom is 0.573 e. The Bertz CT molecular complexity index is 1570. The molecule has 220 valence electrons. The number of likely N-dealkylation sites (tertiary alicyclic amines) is 1. The number of nitrogen functional groups attached to an aromatic ring is 1. The molecule has 41 heavy (non-hydrogen) atoms. The van der Waals surface area contributed by atoms with E-state index < -0.39 is 52.5 Å². The number of fused-ring (bicyclic) bond motifs is 1. The van der Waals surface area contributed by atoms with Gasteiger partial charge in [0.2, 0.25) is 15.9 Å². The number of carbonyl (C=O) groups excluding carboxylic acids is 2. The minimum atomic E-state index is -5.06. The van der Waals surface area contributed by atoms with Crippen LogP contribution in [-0.4, -0.2) is 81.4 Å². The lowest BCUT2D eigenvalue weighted by atomic mass is 10.00. The smallest absolute Gasteiger partial charge is 0.467 e. The molecule has 0 spiro atoms. The van der Waals surface area contributed by atoms with Gasteiger partial charge < -0.3 is 25.0 Å². The van der Waals surface area contributed by atoms with E-state index >= 15 is 0 Å². The highest BCUT2D eigenvalue weighted by Gasteiger charge is 2.42. The summed E-state index contributed by atoms with van der Waals surface area (Å²) in [5.41, 5.74) is 5.76. The molecular formula is C25H27F3N6O6S. The molecule has 0 radical (unpaired) electrons. The summed E-state index contributed by atoms with van der Waals surface area (Å²) in [6.45, 7) is -0.0660. The van der Waals surface area contributed by atoms with Gasteiger partial charge in [-0.3, -0.25) is 4.79 Å². The topological polar surface area (TPSA) is 157 Å². The van der Waals surface area contributed by atoms with Crippen molar-refractivity contribution in [3.05, 3.63) is 48.3 Å². The van der Waals surface area contributed by atoms with Crippen LogP contribution in [0.1, 0.15) is 12.0 Å². The molecule has 3 heterocycles. The average molecular weight is 597 g/mol. The average Bonchev–Trinajstić information content (AvgIpc) is 3.25. The number of rotatable bonds is 9. The zero-order valence-corrected chi connectivity index (χ0v) is 23.0. The molecule has 3 aromatic rings. The number of alkyl halides is 3. The van der Waals surface area contributed by atoms with E-state index in [1.807, 2.05) is 0 Å². The number of sulfonamides is 1. The normalized spacial score (nSPS) is 16.6. The van der Waals surface area contributed by atoms with Crippen LogP contribution < -0.4 is 20.1 Å². The molecule has 1 amide bonds. The second-order valence-corrected chi connectivity index (χ2v) is 11.1. The summed E-state index contributed by atoms with van der Waals surface area (Å²) >= 11 is 0. The van der Waals surface area contributed by atoms with Gasteiger partial charge in [0.1, 0.15) is 34.4 Å². The fourth-order valence-electron chi connectivity index (χ4n) is 4.49. The molecule has 1 fully saturated rings. The number of nitrogens with one attached hydrogen (secondary N) is 1. The quantitative estimate of drug-likeness (QED) is 0.349. The Kier molecular flexibility index (Phi) is 8.26. The Morgan fingerprint density at radius 2 is 1.98 bits per heavy atom. The number of aromatic nitrogens is 2. The minimum absolute atomic E-state index is 0.000594. The van der Waals surface area contributed by atoms with Crippen LogP contribution in [0.15, 0.2) is 47.6 Å². The molecule has 0 saturated carbocycles. The fourth-order valence-corrected chi connectivity index (χ4v) is 5.66. The molecule has 2 atom stereocenters.